The maximum absolute atomic E-state index is 12.4. The fourth-order valence-electron chi connectivity index (χ4n) is 2.33. The molecule has 1 aliphatic heterocycles. The van der Waals surface area contributed by atoms with Crippen LogP contribution < -0.4 is 5.32 Å². The zero-order valence-electron chi connectivity index (χ0n) is 13.5. The van der Waals surface area contributed by atoms with Crippen molar-refractivity contribution in [1.82, 2.24) is 5.32 Å². The third-order valence-corrected chi connectivity index (χ3v) is 3.73. The molecule has 1 amide bonds. The fraction of sp³-hybridized carbons (Fsp3) is 0.529. The first kappa shape index (κ1) is 17.4. The van der Waals surface area contributed by atoms with Gasteiger partial charge < -0.3 is 19.9 Å². The van der Waals surface area contributed by atoms with E-state index < -0.39 is 17.7 Å². The number of ketones is 1. The predicted octanol–water partition coefficient (Wildman–Crippen LogP) is 1.66. The topological polar surface area (TPSA) is 88.2 Å². The Hall–Kier alpha value is -1.92. The van der Waals surface area contributed by atoms with Crippen LogP contribution in [-0.2, 0) is 20.9 Å². The van der Waals surface area contributed by atoms with Crippen molar-refractivity contribution >= 4 is 11.9 Å². The van der Waals surface area contributed by atoms with Crippen LogP contribution >= 0.6 is 0 Å². The highest BCUT2D eigenvalue weighted by molar-refractivity contribution is 5.96. The number of ether oxygens (including phenoxy) is 2. The molecule has 0 saturated carbocycles. The average molecular weight is 321 g/mol. The van der Waals surface area contributed by atoms with Crippen molar-refractivity contribution in [1.29, 1.82) is 0 Å². The van der Waals surface area contributed by atoms with Gasteiger partial charge in [-0.25, -0.2) is 4.79 Å². The van der Waals surface area contributed by atoms with Crippen molar-refractivity contribution in [3.05, 3.63) is 35.9 Å². The molecule has 126 valence electrons. The lowest BCUT2D eigenvalue weighted by molar-refractivity contribution is -0.127. The van der Waals surface area contributed by atoms with Gasteiger partial charge in [-0.05, 0) is 17.9 Å². The van der Waals surface area contributed by atoms with Gasteiger partial charge in [-0.2, -0.15) is 0 Å². The summed E-state index contributed by atoms with van der Waals surface area (Å²) in [6, 6.07) is 8.57. The third kappa shape index (κ3) is 4.77. The van der Waals surface area contributed by atoms with E-state index in [4.69, 9.17) is 9.47 Å². The molecule has 23 heavy (non-hydrogen) atoms. The minimum Gasteiger partial charge on any atom is -0.445 e. The van der Waals surface area contributed by atoms with Gasteiger partial charge in [-0.1, -0.05) is 44.2 Å². The first-order valence-corrected chi connectivity index (χ1v) is 7.73. The lowest BCUT2D eigenvalue weighted by atomic mass is 9.93. The van der Waals surface area contributed by atoms with E-state index in [1.807, 2.05) is 44.2 Å². The van der Waals surface area contributed by atoms with E-state index in [0.717, 1.165) is 5.56 Å². The number of hydrogen-bond donors (Lipinski definition) is 2. The molecule has 2 atom stereocenters. The standard InChI is InChI=1S/C17H23NO5/c1-12(2)8-14(15(20)17(10-19)11-23-17)18-16(21)22-9-13-6-4-3-5-7-13/h3-7,12,14,19H,8-11H2,1-2H3,(H,18,21)/t14-,17?/m1/s1. The van der Waals surface area contributed by atoms with E-state index in [2.05, 4.69) is 5.32 Å². The van der Waals surface area contributed by atoms with Crippen LogP contribution in [0.5, 0.6) is 0 Å². The molecule has 1 unspecified atom stereocenters. The number of aliphatic hydroxyl groups excluding tert-OH is 1. The molecule has 0 aliphatic carbocycles. The lowest BCUT2D eigenvalue weighted by Crippen LogP contribution is -2.48. The monoisotopic (exact) mass is 321 g/mol. The van der Waals surface area contributed by atoms with Gasteiger partial charge in [-0.3, -0.25) is 4.79 Å². The summed E-state index contributed by atoms with van der Waals surface area (Å²) in [6.45, 7) is 3.86. The molecule has 6 nitrogen and oxygen atoms in total. The molecular weight excluding hydrogens is 298 g/mol. The second-order valence-electron chi connectivity index (χ2n) is 6.19. The van der Waals surface area contributed by atoms with Crippen LogP contribution in [0, 0.1) is 5.92 Å². The van der Waals surface area contributed by atoms with Crippen LogP contribution in [0.3, 0.4) is 0 Å². The van der Waals surface area contributed by atoms with Crippen LogP contribution in [-0.4, -0.2) is 41.8 Å². The summed E-state index contributed by atoms with van der Waals surface area (Å²) >= 11 is 0. The smallest absolute Gasteiger partial charge is 0.408 e. The summed E-state index contributed by atoms with van der Waals surface area (Å²) < 4.78 is 10.2. The Morgan fingerprint density at radius 1 is 1.35 bits per heavy atom. The number of benzene rings is 1. The number of nitrogens with one attached hydrogen (secondary N) is 1. The Bertz CT molecular complexity index is 539. The minimum atomic E-state index is -1.15. The summed E-state index contributed by atoms with van der Waals surface area (Å²) in [5, 5.41) is 11.9. The predicted molar refractivity (Wildman–Crippen MR) is 83.8 cm³/mol. The van der Waals surface area contributed by atoms with E-state index in [1.165, 1.54) is 0 Å². The highest BCUT2D eigenvalue weighted by Gasteiger charge is 2.54. The van der Waals surface area contributed by atoms with Crippen molar-refractivity contribution in [2.24, 2.45) is 5.92 Å². The Kier molecular flexibility index (Phi) is 5.74. The third-order valence-electron chi connectivity index (χ3n) is 3.73. The van der Waals surface area contributed by atoms with Crippen LogP contribution in [0.1, 0.15) is 25.8 Å². The number of alkyl carbamates (subject to hydrolysis) is 1. The van der Waals surface area contributed by atoms with Gasteiger partial charge in [0.1, 0.15) is 6.61 Å². The number of carbonyl (C=O) groups excluding carboxylic acids is 2. The van der Waals surface area contributed by atoms with E-state index in [0.29, 0.717) is 6.42 Å². The second kappa shape index (κ2) is 7.57. The van der Waals surface area contributed by atoms with Crippen molar-refractivity contribution in [2.45, 2.75) is 38.5 Å². The van der Waals surface area contributed by atoms with Crippen LogP contribution in [0.25, 0.3) is 0 Å². The van der Waals surface area contributed by atoms with Crippen molar-refractivity contribution in [3.63, 3.8) is 0 Å². The lowest BCUT2D eigenvalue weighted by Gasteiger charge is -2.21. The Morgan fingerprint density at radius 3 is 2.52 bits per heavy atom. The summed E-state index contributed by atoms with van der Waals surface area (Å²) in [4.78, 5) is 24.4. The Labute approximate surface area is 135 Å². The molecule has 0 spiro atoms. The van der Waals surface area contributed by atoms with Gasteiger partial charge in [0, 0.05) is 0 Å². The molecule has 2 rings (SSSR count). The Balaban J connectivity index is 1.91. The Morgan fingerprint density at radius 2 is 2.00 bits per heavy atom. The van der Waals surface area contributed by atoms with Gasteiger partial charge in [-0.15, -0.1) is 0 Å². The maximum Gasteiger partial charge on any atom is 0.408 e. The van der Waals surface area contributed by atoms with Gasteiger partial charge >= 0.3 is 6.09 Å². The number of aliphatic hydroxyl groups is 1. The molecule has 1 fully saturated rings. The molecule has 1 aliphatic rings. The SMILES string of the molecule is CC(C)C[C@@H](NC(=O)OCc1ccccc1)C(=O)C1(CO)CO1. The molecule has 0 bridgehead atoms. The number of amides is 1. The zero-order chi connectivity index (χ0) is 16.9. The summed E-state index contributed by atoms with van der Waals surface area (Å²) in [5.74, 6) is -0.0989. The number of carbonyl (C=O) groups is 2. The molecule has 1 heterocycles. The van der Waals surface area contributed by atoms with Crippen molar-refractivity contribution in [2.75, 3.05) is 13.2 Å². The van der Waals surface area contributed by atoms with Crippen molar-refractivity contribution in [3.8, 4) is 0 Å². The molecule has 0 radical (unpaired) electrons. The average Bonchev–Trinajstić information content (AvgIpc) is 3.33. The molecule has 2 N–H and O–H groups in total. The second-order valence-corrected chi connectivity index (χ2v) is 6.19. The molecule has 6 heteroatoms. The van der Waals surface area contributed by atoms with Crippen LogP contribution in [0.4, 0.5) is 4.79 Å². The summed E-state index contributed by atoms with van der Waals surface area (Å²) in [7, 11) is 0. The normalized spacial score (nSPS) is 20.9. The van der Waals surface area contributed by atoms with Gasteiger partial charge in [0.05, 0.1) is 19.3 Å². The molecular formula is C17H23NO5. The number of Topliss-reactive ketones (excluding diaryl/α,β-unsaturated/α-hetero) is 1. The first-order valence-electron chi connectivity index (χ1n) is 7.73. The number of hydrogen-bond acceptors (Lipinski definition) is 5. The highest BCUT2D eigenvalue weighted by atomic mass is 16.6. The molecule has 1 saturated heterocycles. The molecule has 1 aromatic carbocycles. The van der Waals surface area contributed by atoms with Crippen LogP contribution in [0.15, 0.2) is 30.3 Å². The van der Waals surface area contributed by atoms with E-state index >= 15 is 0 Å². The van der Waals surface area contributed by atoms with Gasteiger partial charge in [0.15, 0.2) is 11.4 Å². The van der Waals surface area contributed by atoms with E-state index in [1.54, 1.807) is 0 Å². The van der Waals surface area contributed by atoms with Gasteiger partial charge in [0.25, 0.3) is 0 Å². The van der Waals surface area contributed by atoms with E-state index in [-0.39, 0.29) is 31.5 Å². The molecule has 0 aromatic heterocycles. The largest absolute Gasteiger partial charge is 0.445 e. The number of epoxide rings is 1. The number of rotatable bonds is 8. The first-order chi connectivity index (χ1) is 11.0. The minimum absolute atomic E-state index is 0.136. The zero-order valence-corrected chi connectivity index (χ0v) is 13.5. The summed E-state index contributed by atoms with van der Waals surface area (Å²) in [5.41, 5.74) is -0.279. The molecule has 1 aromatic rings. The highest BCUT2D eigenvalue weighted by Crippen LogP contribution is 2.30. The van der Waals surface area contributed by atoms with Gasteiger partial charge in [0.2, 0.25) is 0 Å². The van der Waals surface area contributed by atoms with Crippen molar-refractivity contribution < 1.29 is 24.2 Å². The quantitative estimate of drug-likeness (QED) is 0.711. The fourth-order valence-corrected chi connectivity index (χ4v) is 2.33. The summed E-state index contributed by atoms with van der Waals surface area (Å²) in [6.07, 6.45) is -0.189. The van der Waals surface area contributed by atoms with Crippen LogP contribution in [0.2, 0.25) is 0 Å². The maximum atomic E-state index is 12.4. The van der Waals surface area contributed by atoms with E-state index in [9.17, 15) is 14.7 Å².